The molecule has 1 aliphatic rings. The first-order chi connectivity index (χ1) is 3.73. The monoisotopic (exact) mass is 111 g/mol. The van der Waals surface area contributed by atoms with Crippen LogP contribution in [0.15, 0.2) is 0 Å². The lowest BCUT2D eigenvalue weighted by atomic mass is 10.1. The average Bonchev–Trinajstić information content (AvgIpc) is 2.44. The molecule has 0 unspecified atom stereocenters. The van der Waals surface area contributed by atoms with Crippen molar-refractivity contribution in [3.63, 3.8) is 0 Å². The summed E-state index contributed by atoms with van der Waals surface area (Å²) in [5.74, 6) is 0.257. The molecular weight excluding hydrogens is 102 g/mol. The van der Waals surface area contributed by atoms with E-state index in [2.05, 4.69) is 6.07 Å². The molecule has 44 valence electrons. The highest BCUT2D eigenvalue weighted by Crippen LogP contribution is 2.50. The molecule has 2 atom stereocenters. The second kappa shape index (κ2) is 1.46. The Hall–Kier alpha value is -0.550. The number of rotatable bonds is 1. The van der Waals surface area contributed by atoms with Crippen LogP contribution in [0.2, 0.25) is 0 Å². The number of nitrogens with zero attached hydrogens (tertiary/aromatic N) is 1. The van der Waals surface area contributed by atoms with Crippen LogP contribution in [0.25, 0.3) is 0 Å². The molecule has 0 heterocycles. The topological polar surface area (TPSA) is 44.0 Å². The van der Waals surface area contributed by atoms with Crippen molar-refractivity contribution in [1.82, 2.24) is 0 Å². The summed E-state index contributed by atoms with van der Waals surface area (Å²) in [6, 6.07) is 2.16. The smallest absolute Gasteiger partial charge is 0.0690 e. The van der Waals surface area contributed by atoms with Crippen LogP contribution in [0.5, 0.6) is 0 Å². The molecule has 0 aromatic carbocycles. The van der Waals surface area contributed by atoms with Crippen LogP contribution in [-0.2, 0) is 0 Å². The minimum Gasteiger partial charge on any atom is -0.396 e. The Bertz CT molecular complexity index is 138. The Labute approximate surface area is 48.7 Å². The molecule has 0 spiro atoms. The van der Waals surface area contributed by atoms with Crippen molar-refractivity contribution in [2.75, 3.05) is 6.61 Å². The highest BCUT2D eigenvalue weighted by Gasteiger charge is 2.49. The second-order valence-electron chi connectivity index (χ2n) is 2.61. The van der Waals surface area contributed by atoms with E-state index in [1.54, 1.807) is 0 Å². The molecule has 2 nitrogen and oxygen atoms in total. The van der Waals surface area contributed by atoms with Gasteiger partial charge in [-0.05, 0) is 13.3 Å². The molecule has 0 bridgehead atoms. The van der Waals surface area contributed by atoms with Gasteiger partial charge in [0.2, 0.25) is 0 Å². The quantitative estimate of drug-likeness (QED) is 0.536. The van der Waals surface area contributed by atoms with Crippen molar-refractivity contribution in [3.8, 4) is 6.07 Å². The predicted molar refractivity (Wildman–Crippen MR) is 28.9 cm³/mol. The first kappa shape index (κ1) is 5.58. The van der Waals surface area contributed by atoms with Gasteiger partial charge in [-0.3, -0.25) is 0 Å². The predicted octanol–water partition coefficient (Wildman–Crippen LogP) is 0.528. The van der Waals surface area contributed by atoms with E-state index in [-0.39, 0.29) is 17.9 Å². The SMILES string of the molecule is C[C@@]1(C#N)C[C@@H]1CO. The van der Waals surface area contributed by atoms with Gasteiger partial charge in [0, 0.05) is 12.5 Å². The van der Waals surface area contributed by atoms with Gasteiger partial charge in [0.25, 0.3) is 0 Å². The molecule has 1 N–H and O–H groups in total. The van der Waals surface area contributed by atoms with E-state index < -0.39 is 0 Å². The van der Waals surface area contributed by atoms with Gasteiger partial charge in [-0.25, -0.2) is 0 Å². The Balaban J connectivity index is 2.46. The zero-order chi connectivity index (χ0) is 6.20. The van der Waals surface area contributed by atoms with E-state index in [0.717, 1.165) is 6.42 Å². The zero-order valence-electron chi connectivity index (χ0n) is 4.89. The third-order valence-electron chi connectivity index (χ3n) is 1.89. The summed E-state index contributed by atoms with van der Waals surface area (Å²) in [5, 5.41) is 16.9. The maximum absolute atomic E-state index is 8.52. The number of nitriles is 1. The van der Waals surface area contributed by atoms with Crippen molar-refractivity contribution in [2.45, 2.75) is 13.3 Å². The van der Waals surface area contributed by atoms with Crippen molar-refractivity contribution in [1.29, 1.82) is 5.26 Å². The van der Waals surface area contributed by atoms with Crippen LogP contribution in [0, 0.1) is 22.7 Å². The average molecular weight is 111 g/mol. The van der Waals surface area contributed by atoms with Crippen molar-refractivity contribution >= 4 is 0 Å². The maximum atomic E-state index is 8.52. The summed E-state index contributed by atoms with van der Waals surface area (Å²) < 4.78 is 0. The third-order valence-corrected chi connectivity index (χ3v) is 1.89. The maximum Gasteiger partial charge on any atom is 0.0690 e. The van der Waals surface area contributed by atoms with Gasteiger partial charge in [0.05, 0.1) is 11.5 Å². The Kier molecular flexibility index (Phi) is 1.02. The number of hydrogen-bond donors (Lipinski definition) is 1. The van der Waals surface area contributed by atoms with Gasteiger partial charge in [-0.2, -0.15) is 5.26 Å². The van der Waals surface area contributed by atoms with E-state index in [4.69, 9.17) is 10.4 Å². The van der Waals surface area contributed by atoms with Gasteiger partial charge < -0.3 is 5.11 Å². The minimum absolute atomic E-state index is 0.171. The summed E-state index contributed by atoms with van der Waals surface area (Å²) in [4.78, 5) is 0. The highest BCUT2D eigenvalue weighted by atomic mass is 16.3. The molecule has 1 aliphatic carbocycles. The first-order valence-electron chi connectivity index (χ1n) is 2.75. The van der Waals surface area contributed by atoms with Crippen LogP contribution in [0.4, 0.5) is 0 Å². The number of aliphatic hydroxyl groups excluding tert-OH is 1. The van der Waals surface area contributed by atoms with Crippen LogP contribution < -0.4 is 0 Å². The van der Waals surface area contributed by atoms with Crippen LogP contribution >= 0.6 is 0 Å². The van der Waals surface area contributed by atoms with Gasteiger partial charge in [0.1, 0.15) is 0 Å². The highest BCUT2D eigenvalue weighted by molar-refractivity contribution is 5.12. The Morgan fingerprint density at radius 1 is 2.00 bits per heavy atom. The second-order valence-corrected chi connectivity index (χ2v) is 2.61. The Morgan fingerprint density at radius 2 is 2.62 bits per heavy atom. The van der Waals surface area contributed by atoms with Crippen LogP contribution in [0.1, 0.15) is 13.3 Å². The van der Waals surface area contributed by atoms with E-state index in [9.17, 15) is 0 Å². The summed E-state index contributed by atoms with van der Waals surface area (Å²) in [7, 11) is 0. The summed E-state index contributed by atoms with van der Waals surface area (Å²) in [5.41, 5.74) is -0.186. The molecule has 0 aliphatic heterocycles. The van der Waals surface area contributed by atoms with E-state index in [1.807, 2.05) is 6.92 Å². The zero-order valence-corrected chi connectivity index (χ0v) is 4.89. The summed E-state index contributed by atoms with van der Waals surface area (Å²) in [6.07, 6.45) is 0.875. The number of hydrogen-bond acceptors (Lipinski definition) is 2. The van der Waals surface area contributed by atoms with Crippen LogP contribution in [0.3, 0.4) is 0 Å². The van der Waals surface area contributed by atoms with Gasteiger partial charge in [0.15, 0.2) is 0 Å². The van der Waals surface area contributed by atoms with E-state index in [0.29, 0.717) is 0 Å². The van der Waals surface area contributed by atoms with Crippen molar-refractivity contribution in [3.05, 3.63) is 0 Å². The van der Waals surface area contributed by atoms with Crippen molar-refractivity contribution < 1.29 is 5.11 Å². The van der Waals surface area contributed by atoms with Crippen LogP contribution in [-0.4, -0.2) is 11.7 Å². The molecule has 1 rings (SSSR count). The lowest BCUT2D eigenvalue weighted by Gasteiger charge is -1.92. The van der Waals surface area contributed by atoms with Gasteiger partial charge in [-0.1, -0.05) is 0 Å². The Morgan fingerprint density at radius 3 is 2.75 bits per heavy atom. The molecule has 2 heteroatoms. The standard InChI is InChI=1S/C6H9NO/c1-6(4-7)2-5(6)3-8/h5,8H,2-3H2,1H3/t5-,6+/m1/s1. The first-order valence-corrected chi connectivity index (χ1v) is 2.75. The third kappa shape index (κ3) is 0.597. The fraction of sp³-hybridized carbons (Fsp3) is 0.833. The van der Waals surface area contributed by atoms with Gasteiger partial charge >= 0.3 is 0 Å². The largest absolute Gasteiger partial charge is 0.396 e. The molecule has 0 amide bonds. The fourth-order valence-corrected chi connectivity index (χ4v) is 0.856. The summed E-state index contributed by atoms with van der Waals surface area (Å²) >= 11 is 0. The molecule has 0 radical (unpaired) electrons. The van der Waals surface area contributed by atoms with E-state index >= 15 is 0 Å². The molecule has 0 saturated heterocycles. The normalized spacial score (nSPS) is 43.4. The lowest BCUT2D eigenvalue weighted by molar-refractivity contribution is 0.263. The molecule has 1 saturated carbocycles. The fourth-order valence-electron chi connectivity index (χ4n) is 0.856. The van der Waals surface area contributed by atoms with E-state index in [1.165, 1.54) is 0 Å². The molecule has 1 fully saturated rings. The molecular formula is C6H9NO. The van der Waals surface area contributed by atoms with Crippen molar-refractivity contribution in [2.24, 2.45) is 11.3 Å². The summed E-state index contributed by atoms with van der Waals surface area (Å²) in [6.45, 7) is 2.05. The minimum atomic E-state index is -0.186. The molecule has 8 heavy (non-hydrogen) atoms. The lowest BCUT2D eigenvalue weighted by Crippen LogP contribution is -1.96. The van der Waals surface area contributed by atoms with Gasteiger partial charge in [-0.15, -0.1) is 0 Å². The number of aliphatic hydroxyl groups is 1. The molecule has 0 aromatic heterocycles. The molecule has 0 aromatic rings.